The quantitative estimate of drug-likeness (QED) is 0.633. The highest BCUT2D eigenvalue weighted by Gasteiger charge is 2.08. The van der Waals surface area contributed by atoms with Crippen LogP contribution in [0.25, 0.3) is 0 Å². The van der Waals surface area contributed by atoms with Gasteiger partial charge in [0.25, 0.3) is 0 Å². The van der Waals surface area contributed by atoms with Crippen LogP contribution in [0.5, 0.6) is 11.6 Å². The lowest BCUT2D eigenvalue weighted by molar-refractivity contribution is 0.461. The Morgan fingerprint density at radius 2 is 2.35 bits per heavy atom. The molecule has 0 saturated carbocycles. The third kappa shape index (κ3) is 2.63. The predicted molar refractivity (Wildman–Crippen MR) is 62.8 cm³/mol. The number of hydrogen-bond acceptors (Lipinski definition) is 6. The maximum absolute atomic E-state index is 5.90. The molecule has 2 aromatic heterocycles. The summed E-state index contributed by atoms with van der Waals surface area (Å²) >= 11 is 5.90. The molecule has 0 saturated heterocycles. The van der Waals surface area contributed by atoms with Crippen molar-refractivity contribution in [3.05, 3.63) is 23.6 Å². The second kappa shape index (κ2) is 4.98. The van der Waals surface area contributed by atoms with Crippen LogP contribution in [0.4, 0.5) is 5.95 Å². The van der Waals surface area contributed by atoms with Gasteiger partial charge in [0.2, 0.25) is 11.8 Å². The van der Waals surface area contributed by atoms with Gasteiger partial charge >= 0.3 is 0 Å². The number of nitrogens with zero attached hydrogens (tertiary/aromatic N) is 4. The van der Waals surface area contributed by atoms with Crippen molar-refractivity contribution in [3.8, 4) is 11.6 Å². The van der Waals surface area contributed by atoms with Gasteiger partial charge in [-0.3, -0.25) is 10.1 Å². The first-order valence-electron chi connectivity index (χ1n) is 4.92. The Hall–Kier alpha value is -1.86. The molecule has 2 rings (SSSR count). The summed E-state index contributed by atoms with van der Waals surface area (Å²) in [5, 5.41) is 4.37. The van der Waals surface area contributed by atoms with Gasteiger partial charge in [-0.05, 0) is 6.92 Å². The molecular weight excluding hydrogens is 244 g/mol. The van der Waals surface area contributed by atoms with Gasteiger partial charge in [-0.15, -0.1) is 0 Å². The van der Waals surface area contributed by atoms with Gasteiger partial charge in [0.15, 0.2) is 5.75 Å². The summed E-state index contributed by atoms with van der Waals surface area (Å²) in [6.45, 7) is 2.74. The summed E-state index contributed by atoms with van der Waals surface area (Å²) in [5.41, 5.74) is 2.32. The van der Waals surface area contributed by atoms with E-state index in [1.807, 2.05) is 6.92 Å². The zero-order valence-corrected chi connectivity index (χ0v) is 9.85. The molecule has 3 N–H and O–H groups in total. The Bertz CT molecular complexity index is 514. The minimum atomic E-state index is 0.227. The summed E-state index contributed by atoms with van der Waals surface area (Å²) in [6, 6.07) is 0. The van der Waals surface area contributed by atoms with Crippen molar-refractivity contribution in [3.63, 3.8) is 0 Å². The second-order valence-corrected chi connectivity index (χ2v) is 3.53. The summed E-state index contributed by atoms with van der Waals surface area (Å²) in [5.74, 6) is 6.21. The van der Waals surface area contributed by atoms with Gasteiger partial charge in [-0.1, -0.05) is 11.6 Å². The average molecular weight is 255 g/mol. The second-order valence-electron chi connectivity index (χ2n) is 3.12. The summed E-state index contributed by atoms with van der Waals surface area (Å²) in [7, 11) is 0. The number of hydrogen-bond donors (Lipinski definition) is 2. The van der Waals surface area contributed by atoms with Gasteiger partial charge in [-0.25, -0.2) is 10.8 Å². The predicted octanol–water partition coefficient (Wildman–Crippen LogP) is 1.42. The minimum Gasteiger partial charge on any atom is -0.434 e. The highest BCUT2D eigenvalue weighted by molar-refractivity contribution is 6.31. The van der Waals surface area contributed by atoms with Crippen LogP contribution in [0.15, 0.2) is 18.6 Å². The average Bonchev–Trinajstić information content (AvgIpc) is 2.80. The number of nitrogens with one attached hydrogen (secondary N) is 1. The van der Waals surface area contributed by atoms with Crippen LogP contribution >= 0.6 is 11.6 Å². The van der Waals surface area contributed by atoms with Crippen LogP contribution in [0.2, 0.25) is 5.02 Å². The van der Waals surface area contributed by atoms with E-state index in [9.17, 15) is 0 Å². The Kier molecular flexibility index (Phi) is 3.40. The number of aryl methyl sites for hydroxylation is 1. The number of nitrogen functional groups attached to an aromatic ring is 1. The van der Waals surface area contributed by atoms with Crippen LogP contribution in [-0.2, 0) is 6.54 Å². The lowest BCUT2D eigenvalue weighted by Gasteiger charge is -2.05. The van der Waals surface area contributed by atoms with Gasteiger partial charge in [0.05, 0.1) is 18.6 Å². The third-order valence-electron chi connectivity index (χ3n) is 1.99. The molecule has 0 radical (unpaired) electrons. The number of ether oxygens (including phenoxy) is 1. The lowest BCUT2D eigenvalue weighted by Crippen LogP contribution is -2.10. The molecule has 0 fully saturated rings. The van der Waals surface area contributed by atoms with Gasteiger partial charge in [0, 0.05) is 6.54 Å². The van der Waals surface area contributed by atoms with Gasteiger partial charge < -0.3 is 4.74 Å². The highest BCUT2D eigenvalue weighted by atomic mass is 35.5. The van der Waals surface area contributed by atoms with Gasteiger partial charge in [-0.2, -0.15) is 10.1 Å². The molecule has 17 heavy (non-hydrogen) atoms. The number of hydrazine groups is 1. The zero-order valence-electron chi connectivity index (χ0n) is 9.09. The third-order valence-corrected chi connectivity index (χ3v) is 2.25. The number of rotatable bonds is 4. The summed E-state index contributed by atoms with van der Waals surface area (Å²) in [4.78, 5) is 7.82. The number of nitrogens with two attached hydrogens (primary N) is 1. The zero-order chi connectivity index (χ0) is 12.3. The molecule has 2 aromatic rings. The van der Waals surface area contributed by atoms with Crippen LogP contribution in [0.3, 0.4) is 0 Å². The Labute approximate surface area is 103 Å². The van der Waals surface area contributed by atoms with E-state index in [1.54, 1.807) is 17.1 Å². The van der Waals surface area contributed by atoms with Crippen molar-refractivity contribution in [2.24, 2.45) is 5.84 Å². The van der Waals surface area contributed by atoms with E-state index in [1.165, 1.54) is 6.20 Å². The Balaban J connectivity index is 2.22. The highest BCUT2D eigenvalue weighted by Crippen LogP contribution is 2.26. The standard InChI is InChI=1S/C9H11ClN6O/c1-2-16-5-6(3-13-16)17-8-7(10)4-12-9(14-8)15-11/h3-5H,2,11H2,1H3,(H,12,14,15). The molecule has 0 amide bonds. The first-order chi connectivity index (χ1) is 8.22. The molecule has 90 valence electrons. The lowest BCUT2D eigenvalue weighted by atomic mass is 10.6. The molecule has 0 aromatic carbocycles. The topological polar surface area (TPSA) is 90.9 Å². The van der Waals surface area contributed by atoms with Crippen molar-refractivity contribution in [1.82, 2.24) is 19.7 Å². The fraction of sp³-hybridized carbons (Fsp3) is 0.222. The molecular formula is C9H11ClN6O. The molecule has 7 nitrogen and oxygen atoms in total. The maximum Gasteiger partial charge on any atom is 0.243 e. The molecule has 0 unspecified atom stereocenters. The van der Waals surface area contributed by atoms with Gasteiger partial charge in [0.1, 0.15) is 5.02 Å². The molecule has 0 aliphatic carbocycles. The Morgan fingerprint density at radius 3 is 3.00 bits per heavy atom. The van der Waals surface area contributed by atoms with Crippen molar-refractivity contribution in [2.45, 2.75) is 13.5 Å². The summed E-state index contributed by atoms with van der Waals surface area (Å²) in [6.07, 6.45) is 4.73. The normalized spacial score (nSPS) is 10.3. The minimum absolute atomic E-state index is 0.227. The first-order valence-corrected chi connectivity index (χ1v) is 5.30. The van der Waals surface area contributed by atoms with Crippen molar-refractivity contribution in [2.75, 3.05) is 5.43 Å². The fourth-order valence-electron chi connectivity index (χ4n) is 1.17. The molecule has 0 spiro atoms. The number of halogens is 1. The molecule has 8 heteroatoms. The van der Waals surface area contributed by atoms with Crippen LogP contribution < -0.4 is 16.0 Å². The van der Waals surface area contributed by atoms with E-state index >= 15 is 0 Å². The van der Waals surface area contributed by atoms with Crippen molar-refractivity contribution in [1.29, 1.82) is 0 Å². The largest absolute Gasteiger partial charge is 0.434 e. The molecule has 2 heterocycles. The Morgan fingerprint density at radius 1 is 1.53 bits per heavy atom. The smallest absolute Gasteiger partial charge is 0.243 e. The van der Waals surface area contributed by atoms with E-state index in [-0.39, 0.29) is 11.8 Å². The molecule has 0 aliphatic heterocycles. The maximum atomic E-state index is 5.90. The van der Waals surface area contributed by atoms with E-state index in [0.29, 0.717) is 10.8 Å². The van der Waals surface area contributed by atoms with E-state index in [4.69, 9.17) is 22.2 Å². The number of aromatic nitrogens is 4. The SMILES string of the molecule is CCn1cc(Oc2nc(NN)ncc2Cl)cn1. The molecule has 0 aliphatic rings. The molecule has 0 atom stereocenters. The molecule has 0 bridgehead atoms. The van der Waals surface area contributed by atoms with Crippen LogP contribution in [0.1, 0.15) is 6.92 Å². The van der Waals surface area contributed by atoms with E-state index in [0.717, 1.165) is 6.54 Å². The monoisotopic (exact) mass is 254 g/mol. The first kappa shape index (κ1) is 11.6. The van der Waals surface area contributed by atoms with E-state index in [2.05, 4.69) is 20.5 Å². The summed E-state index contributed by atoms with van der Waals surface area (Å²) < 4.78 is 7.20. The van der Waals surface area contributed by atoms with Crippen LogP contribution in [-0.4, -0.2) is 19.7 Å². The number of anilines is 1. The van der Waals surface area contributed by atoms with Crippen molar-refractivity contribution >= 4 is 17.5 Å². The van der Waals surface area contributed by atoms with Crippen LogP contribution in [0, 0.1) is 0 Å². The van der Waals surface area contributed by atoms with Crippen molar-refractivity contribution < 1.29 is 4.74 Å². The van der Waals surface area contributed by atoms with E-state index < -0.39 is 0 Å². The fourth-order valence-corrected chi connectivity index (χ4v) is 1.30.